The second-order valence-electron chi connectivity index (χ2n) is 3.23. The Morgan fingerprint density at radius 2 is 2.12 bits per heavy atom. The molecule has 94 valence electrons. The number of likely N-dealkylation sites (N-methyl/N-ethyl adjacent to an activating group) is 1. The maximum atomic E-state index is 12.0. The van der Waals surface area contributed by atoms with Crippen LogP contribution in [0.5, 0.6) is 0 Å². The Labute approximate surface area is 109 Å². The minimum Gasteiger partial charge on any atom is -0.465 e. The van der Waals surface area contributed by atoms with E-state index in [1.54, 1.807) is 19.1 Å². The number of nitrogens with zero attached hydrogens (tertiary/aromatic N) is 1. The first-order valence-electron chi connectivity index (χ1n) is 5.28. The molecular formula is C11H14ClNO3S. The predicted octanol–water partition coefficient (Wildman–Crippen LogP) is 2.43. The number of amides is 1. The number of rotatable bonds is 5. The van der Waals surface area contributed by atoms with Gasteiger partial charge in [-0.1, -0.05) is 11.6 Å². The van der Waals surface area contributed by atoms with Crippen molar-refractivity contribution in [1.82, 2.24) is 4.90 Å². The summed E-state index contributed by atoms with van der Waals surface area (Å²) >= 11 is 6.97. The van der Waals surface area contributed by atoms with E-state index in [1.807, 2.05) is 6.92 Å². The Kier molecular flexibility index (Phi) is 5.44. The van der Waals surface area contributed by atoms with Gasteiger partial charge in [0.15, 0.2) is 0 Å². The minimum absolute atomic E-state index is 0.0291. The molecule has 6 heteroatoms. The monoisotopic (exact) mass is 275 g/mol. The molecule has 0 aromatic carbocycles. The Bertz CT molecular complexity index is 405. The van der Waals surface area contributed by atoms with E-state index in [0.717, 1.165) is 0 Å². The molecule has 1 heterocycles. The predicted molar refractivity (Wildman–Crippen MR) is 67.5 cm³/mol. The molecule has 0 saturated heterocycles. The number of ether oxygens (including phenoxy) is 1. The Morgan fingerprint density at radius 3 is 2.59 bits per heavy atom. The number of hydrogen-bond donors (Lipinski definition) is 0. The molecule has 0 radical (unpaired) electrons. The van der Waals surface area contributed by atoms with Crippen molar-refractivity contribution >= 4 is 34.8 Å². The van der Waals surface area contributed by atoms with Crippen LogP contribution in [0, 0.1) is 0 Å². The minimum atomic E-state index is -0.398. The first-order chi connectivity index (χ1) is 8.08. The third-order valence-corrected chi connectivity index (χ3v) is 3.30. The van der Waals surface area contributed by atoms with Crippen molar-refractivity contribution in [3.63, 3.8) is 0 Å². The fourth-order valence-electron chi connectivity index (χ4n) is 1.27. The van der Waals surface area contributed by atoms with Crippen LogP contribution in [0.25, 0.3) is 0 Å². The zero-order valence-electron chi connectivity index (χ0n) is 9.73. The number of esters is 1. The number of thiophene rings is 1. The van der Waals surface area contributed by atoms with E-state index in [-0.39, 0.29) is 12.5 Å². The largest absolute Gasteiger partial charge is 0.465 e. The van der Waals surface area contributed by atoms with E-state index < -0.39 is 5.97 Å². The van der Waals surface area contributed by atoms with E-state index in [9.17, 15) is 9.59 Å². The van der Waals surface area contributed by atoms with Crippen LogP contribution in [0.1, 0.15) is 23.5 Å². The van der Waals surface area contributed by atoms with Gasteiger partial charge in [0.1, 0.15) is 6.54 Å². The highest BCUT2D eigenvalue weighted by molar-refractivity contribution is 7.17. The van der Waals surface area contributed by atoms with Crippen molar-refractivity contribution in [1.29, 1.82) is 0 Å². The van der Waals surface area contributed by atoms with Crippen LogP contribution in [0.2, 0.25) is 4.34 Å². The molecule has 0 aliphatic carbocycles. The summed E-state index contributed by atoms with van der Waals surface area (Å²) in [5, 5.41) is 0. The lowest BCUT2D eigenvalue weighted by Gasteiger charge is -2.18. The van der Waals surface area contributed by atoms with Gasteiger partial charge in [0.2, 0.25) is 0 Å². The number of carbonyl (C=O) groups is 2. The van der Waals surface area contributed by atoms with Crippen molar-refractivity contribution in [2.75, 3.05) is 19.7 Å². The highest BCUT2D eigenvalue weighted by Gasteiger charge is 2.19. The fraction of sp³-hybridized carbons (Fsp3) is 0.455. The van der Waals surface area contributed by atoms with Crippen LogP contribution in [-0.4, -0.2) is 36.5 Å². The second kappa shape index (κ2) is 6.61. The molecule has 1 amide bonds. The highest BCUT2D eigenvalue weighted by atomic mass is 35.5. The third kappa shape index (κ3) is 4.02. The van der Waals surface area contributed by atoms with E-state index in [4.69, 9.17) is 16.3 Å². The van der Waals surface area contributed by atoms with Crippen LogP contribution in [0.4, 0.5) is 0 Å². The van der Waals surface area contributed by atoms with Gasteiger partial charge in [-0.15, -0.1) is 11.3 Å². The molecule has 0 fully saturated rings. The van der Waals surface area contributed by atoms with Crippen LogP contribution < -0.4 is 0 Å². The van der Waals surface area contributed by atoms with E-state index >= 15 is 0 Å². The highest BCUT2D eigenvalue weighted by Crippen LogP contribution is 2.22. The molecule has 0 aliphatic rings. The molecule has 0 aliphatic heterocycles. The summed E-state index contributed by atoms with van der Waals surface area (Å²) < 4.78 is 5.37. The van der Waals surface area contributed by atoms with Gasteiger partial charge >= 0.3 is 5.97 Å². The maximum absolute atomic E-state index is 12.0. The molecule has 0 atom stereocenters. The molecule has 0 spiro atoms. The van der Waals surface area contributed by atoms with E-state index in [2.05, 4.69) is 0 Å². The van der Waals surface area contributed by atoms with Gasteiger partial charge in [-0.2, -0.15) is 0 Å². The molecule has 0 bridgehead atoms. The van der Waals surface area contributed by atoms with E-state index in [1.165, 1.54) is 16.2 Å². The van der Waals surface area contributed by atoms with Gasteiger partial charge in [-0.3, -0.25) is 9.59 Å². The van der Waals surface area contributed by atoms with Crippen molar-refractivity contribution in [2.45, 2.75) is 13.8 Å². The zero-order valence-corrected chi connectivity index (χ0v) is 11.3. The van der Waals surface area contributed by atoms with Crippen molar-refractivity contribution in [3.8, 4) is 0 Å². The number of hydrogen-bond acceptors (Lipinski definition) is 4. The number of carbonyl (C=O) groups excluding carboxylic acids is 2. The first-order valence-corrected chi connectivity index (χ1v) is 6.48. The lowest BCUT2D eigenvalue weighted by molar-refractivity contribution is -0.143. The van der Waals surface area contributed by atoms with Gasteiger partial charge in [0.25, 0.3) is 5.91 Å². The van der Waals surface area contributed by atoms with Gasteiger partial charge in [-0.25, -0.2) is 0 Å². The molecule has 0 unspecified atom stereocenters. The summed E-state index contributed by atoms with van der Waals surface area (Å²) in [6, 6.07) is 3.32. The second-order valence-corrected chi connectivity index (χ2v) is 4.94. The topological polar surface area (TPSA) is 46.6 Å². The SMILES string of the molecule is CCOC(=O)CN(CC)C(=O)c1ccc(Cl)s1. The molecule has 1 rings (SSSR count). The maximum Gasteiger partial charge on any atom is 0.325 e. The Morgan fingerprint density at radius 1 is 1.41 bits per heavy atom. The fourth-order valence-corrected chi connectivity index (χ4v) is 2.29. The number of halogens is 1. The smallest absolute Gasteiger partial charge is 0.325 e. The summed E-state index contributed by atoms with van der Waals surface area (Å²) in [6.45, 7) is 4.28. The molecule has 0 saturated carbocycles. The van der Waals surface area contributed by atoms with E-state index in [0.29, 0.717) is 22.4 Å². The van der Waals surface area contributed by atoms with Crippen LogP contribution in [0.3, 0.4) is 0 Å². The molecule has 4 nitrogen and oxygen atoms in total. The summed E-state index contributed by atoms with van der Waals surface area (Å²) in [5.74, 6) is -0.595. The van der Waals surface area contributed by atoms with Gasteiger partial charge in [-0.05, 0) is 26.0 Å². The standard InChI is InChI=1S/C11H14ClNO3S/c1-3-13(7-10(14)16-4-2)11(15)8-5-6-9(12)17-8/h5-6H,3-4,7H2,1-2H3. The summed E-state index contributed by atoms with van der Waals surface area (Å²) in [5.41, 5.74) is 0. The van der Waals surface area contributed by atoms with Gasteiger partial charge < -0.3 is 9.64 Å². The zero-order chi connectivity index (χ0) is 12.8. The van der Waals surface area contributed by atoms with Crippen molar-refractivity contribution in [2.24, 2.45) is 0 Å². The lowest BCUT2D eigenvalue weighted by atomic mass is 10.4. The molecule has 1 aromatic rings. The summed E-state index contributed by atoms with van der Waals surface area (Å²) in [6.07, 6.45) is 0. The molecular weight excluding hydrogens is 262 g/mol. The Hall–Kier alpha value is -1.07. The van der Waals surface area contributed by atoms with Gasteiger partial charge in [0, 0.05) is 6.54 Å². The Balaban J connectivity index is 2.67. The third-order valence-electron chi connectivity index (χ3n) is 2.08. The quantitative estimate of drug-likeness (QED) is 0.776. The lowest BCUT2D eigenvalue weighted by Crippen LogP contribution is -2.35. The van der Waals surface area contributed by atoms with Crippen molar-refractivity contribution < 1.29 is 14.3 Å². The van der Waals surface area contributed by atoms with Gasteiger partial charge in [0.05, 0.1) is 15.8 Å². The normalized spacial score (nSPS) is 10.1. The average molecular weight is 276 g/mol. The molecule has 17 heavy (non-hydrogen) atoms. The van der Waals surface area contributed by atoms with Crippen molar-refractivity contribution in [3.05, 3.63) is 21.3 Å². The first kappa shape index (κ1) is 14.0. The van der Waals surface area contributed by atoms with Crippen LogP contribution in [0.15, 0.2) is 12.1 Å². The average Bonchev–Trinajstić information content (AvgIpc) is 2.72. The summed E-state index contributed by atoms with van der Waals surface area (Å²) in [4.78, 5) is 25.3. The van der Waals surface area contributed by atoms with Crippen LogP contribution >= 0.6 is 22.9 Å². The molecule has 0 N–H and O–H groups in total. The van der Waals surface area contributed by atoms with Crippen LogP contribution in [-0.2, 0) is 9.53 Å². The summed E-state index contributed by atoms with van der Waals surface area (Å²) in [7, 11) is 0. The molecule has 1 aromatic heterocycles.